The number of carbonyl (C=O) groups excluding carboxylic acids is 1. The predicted molar refractivity (Wildman–Crippen MR) is 203 cm³/mol. The minimum atomic E-state index is -2.37. The van der Waals surface area contributed by atoms with Crippen LogP contribution < -0.4 is 0 Å². The highest BCUT2D eigenvalue weighted by atomic mass is 35.8. The molecule has 0 amide bonds. The van der Waals surface area contributed by atoms with Crippen LogP contribution in [0.25, 0.3) is 0 Å². The van der Waals surface area contributed by atoms with Gasteiger partial charge in [0, 0.05) is 0 Å². The third kappa shape index (κ3) is 42.5. The third-order valence-electron chi connectivity index (χ3n) is 9.29. The minimum absolute atomic E-state index is 0.666. The van der Waals surface area contributed by atoms with Gasteiger partial charge in [-0.3, -0.25) is 0 Å². The van der Waals surface area contributed by atoms with Crippen LogP contribution >= 0.6 is 33.2 Å². The van der Waals surface area contributed by atoms with Gasteiger partial charge in [0.15, 0.2) is 0 Å². The molecule has 0 bridgehead atoms. The molecule has 0 aliphatic carbocycles. The molecule has 0 heterocycles. The van der Waals surface area contributed by atoms with E-state index in [0.29, 0.717) is 6.54 Å². The highest BCUT2D eigenvalue weighted by Gasteiger charge is 2.23. The Kier molecular flexibility index (Phi) is 38.3. The summed E-state index contributed by atoms with van der Waals surface area (Å²) < 4.78 is 0. The van der Waals surface area contributed by atoms with Gasteiger partial charge in [-0.2, -0.15) is 0 Å². The summed E-state index contributed by atoms with van der Waals surface area (Å²) in [6.45, 7) is 0.666. The average Bonchev–Trinajstić information content (AvgIpc) is 3.00. The Labute approximate surface area is 291 Å². The molecule has 0 N–H and O–H groups in total. The summed E-state index contributed by atoms with van der Waals surface area (Å²) in [5.41, 5.74) is 0. The average molecular weight is 695 g/mol. The highest BCUT2D eigenvalue weighted by molar-refractivity contribution is 7.64. The fraction of sp³-hybridized carbons (Fsp3) is 0.974. The van der Waals surface area contributed by atoms with E-state index in [2.05, 4.69) is 4.99 Å². The summed E-state index contributed by atoms with van der Waals surface area (Å²) in [5, 5.41) is 0. The number of halogens is 3. The van der Waals surface area contributed by atoms with Gasteiger partial charge in [-0.15, -0.1) is 33.2 Å². The van der Waals surface area contributed by atoms with Crippen molar-refractivity contribution >= 4 is 45.3 Å². The second kappa shape index (κ2) is 37.9. The van der Waals surface area contributed by atoms with Crippen molar-refractivity contribution < 1.29 is 4.79 Å². The molecule has 0 rings (SSSR count). The Bertz CT molecular complexity index is 595. The first-order valence-electron chi connectivity index (χ1n) is 19.7. The van der Waals surface area contributed by atoms with E-state index in [1.54, 1.807) is 6.08 Å². The molecular formula is C38H74Cl3NOSi. The lowest BCUT2D eigenvalue weighted by Crippen LogP contribution is -2.07. The molecule has 2 nitrogen and oxygen atoms in total. The van der Waals surface area contributed by atoms with Crippen molar-refractivity contribution in [2.24, 2.45) is 4.99 Å². The van der Waals surface area contributed by atoms with E-state index in [9.17, 15) is 4.79 Å². The fourth-order valence-electron chi connectivity index (χ4n) is 6.40. The molecule has 0 aromatic rings. The van der Waals surface area contributed by atoms with E-state index in [1.807, 2.05) is 0 Å². The zero-order chi connectivity index (χ0) is 32.1. The summed E-state index contributed by atoms with van der Waals surface area (Å²) in [6, 6.07) is -1.55. The lowest BCUT2D eigenvalue weighted by Gasteiger charge is -2.07. The molecule has 262 valence electrons. The minimum Gasteiger partial charge on any atom is -0.211 e. The van der Waals surface area contributed by atoms with Gasteiger partial charge in [0.2, 0.25) is 6.08 Å². The molecule has 0 aliphatic heterocycles. The Morgan fingerprint density at radius 2 is 0.500 bits per heavy atom. The number of unbranched alkanes of at least 4 members (excludes halogenated alkanes) is 34. The van der Waals surface area contributed by atoms with Crippen molar-refractivity contribution in [3.63, 3.8) is 0 Å². The number of hydrogen-bond acceptors (Lipinski definition) is 2. The molecule has 6 heteroatoms. The standard InChI is InChI=1S/C38H74Cl3NOSi/c39-44(40,41)37-35-33-31-29-27-25-23-21-19-17-15-13-11-9-7-5-3-1-2-4-6-8-10-12-14-16-18-20-22-24-26-28-30-32-34-36-42-38-43/h1-37H2. The number of hydrogen-bond donors (Lipinski definition) is 0. The zero-order valence-electron chi connectivity index (χ0n) is 29.2. The predicted octanol–water partition coefficient (Wildman–Crippen LogP) is 15.6. The molecule has 0 spiro atoms. The molecule has 0 aromatic carbocycles. The van der Waals surface area contributed by atoms with Crippen LogP contribution in [0, 0.1) is 0 Å². The summed E-state index contributed by atoms with van der Waals surface area (Å²) in [4.78, 5) is 13.6. The number of rotatable bonds is 38. The van der Waals surface area contributed by atoms with Crippen LogP contribution in [0.15, 0.2) is 4.99 Å². The van der Waals surface area contributed by atoms with E-state index in [4.69, 9.17) is 33.2 Å². The maximum atomic E-state index is 10.0. The summed E-state index contributed by atoms with van der Waals surface area (Å²) >= 11 is 17.8. The molecule has 0 aromatic heterocycles. The van der Waals surface area contributed by atoms with Crippen molar-refractivity contribution in [3.05, 3.63) is 0 Å². The van der Waals surface area contributed by atoms with Gasteiger partial charge in [0.25, 0.3) is 0 Å². The molecule has 0 saturated carbocycles. The highest BCUT2D eigenvalue weighted by Crippen LogP contribution is 2.27. The van der Waals surface area contributed by atoms with Crippen molar-refractivity contribution in [2.45, 2.75) is 231 Å². The van der Waals surface area contributed by atoms with Crippen LogP contribution in [-0.4, -0.2) is 18.6 Å². The van der Waals surface area contributed by atoms with Gasteiger partial charge < -0.3 is 0 Å². The Morgan fingerprint density at radius 1 is 0.318 bits per heavy atom. The van der Waals surface area contributed by atoms with Crippen LogP contribution in [0.3, 0.4) is 0 Å². The Balaban J connectivity index is 3.06. The van der Waals surface area contributed by atoms with E-state index < -0.39 is 6.00 Å². The summed E-state index contributed by atoms with van der Waals surface area (Å²) in [7, 11) is 0. The SMILES string of the molecule is O=C=NCCCCCCCCCCCCCCCCCCCCCCCCCCCCCCCCCCCCC[Si](Cl)(Cl)Cl. The van der Waals surface area contributed by atoms with Gasteiger partial charge in [0.1, 0.15) is 0 Å². The lowest BCUT2D eigenvalue weighted by atomic mass is 10.0. The topological polar surface area (TPSA) is 29.4 Å². The first-order valence-corrected chi connectivity index (χ1v) is 24.9. The van der Waals surface area contributed by atoms with Crippen molar-refractivity contribution in [2.75, 3.05) is 6.54 Å². The summed E-state index contributed by atoms with van der Waals surface area (Å²) in [6.07, 6.45) is 50.5. The molecule has 0 saturated heterocycles. The molecule has 0 fully saturated rings. The molecule has 44 heavy (non-hydrogen) atoms. The van der Waals surface area contributed by atoms with Gasteiger partial charge in [0.05, 0.1) is 6.54 Å². The second-order valence-corrected chi connectivity index (χ2v) is 23.0. The normalized spacial score (nSPS) is 11.7. The Hall–Kier alpha value is 0.467. The fourth-order valence-corrected chi connectivity index (χ4v) is 8.25. The number of aliphatic imine (C=N–C) groups is 1. The van der Waals surface area contributed by atoms with Gasteiger partial charge in [-0.1, -0.05) is 218 Å². The second-order valence-electron chi connectivity index (χ2n) is 13.7. The van der Waals surface area contributed by atoms with Crippen LogP contribution in [0.1, 0.15) is 225 Å². The zero-order valence-corrected chi connectivity index (χ0v) is 32.4. The van der Waals surface area contributed by atoms with Crippen LogP contribution in [0.5, 0.6) is 0 Å². The molecule has 0 radical (unpaired) electrons. The van der Waals surface area contributed by atoms with E-state index in [1.165, 1.54) is 212 Å². The van der Waals surface area contributed by atoms with Crippen LogP contribution in [-0.2, 0) is 4.79 Å². The number of isocyanates is 1. The van der Waals surface area contributed by atoms with Gasteiger partial charge in [-0.25, -0.2) is 9.79 Å². The van der Waals surface area contributed by atoms with Gasteiger partial charge in [-0.05, 0) is 12.5 Å². The van der Waals surface area contributed by atoms with E-state index in [0.717, 1.165) is 18.9 Å². The molecule has 0 atom stereocenters. The van der Waals surface area contributed by atoms with Crippen molar-refractivity contribution in [1.82, 2.24) is 0 Å². The first-order chi connectivity index (χ1) is 21.6. The molecule has 0 unspecified atom stereocenters. The molecular weight excluding hydrogens is 621 g/mol. The maximum Gasteiger partial charge on any atom is 0.341 e. The largest absolute Gasteiger partial charge is 0.341 e. The van der Waals surface area contributed by atoms with Crippen molar-refractivity contribution in [3.8, 4) is 0 Å². The van der Waals surface area contributed by atoms with Crippen LogP contribution in [0.2, 0.25) is 6.04 Å². The quantitative estimate of drug-likeness (QED) is 0.0208. The lowest BCUT2D eigenvalue weighted by molar-refractivity contribution is 0.511. The van der Waals surface area contributed by atoms with Gasteiger partial charge >= 0.3 is 6.00 Å². The Morgan fingerprint density at radius 3 is 0.682 bits per heavy atom. The smallest absolute Gasteiger partial charge is 0.211 e. The molecule has 0 aliphatic rings. The van der Waals surface area contributed by atoms with E-state index in [-0.39, 0.29) is 0 Å². The van der Waals surface area contributed by atoms with Crippen molar-refractivity contribution in [1.29, 1.82) is 0 Å². The third-order valence-corrected chi connectivity index (χ3v) is 11.9. The van der Waals surface area contributed by atoms with E-state index >= 15 is 0 Å². The van der Waals surface area contributed by atoms with Crippen LogP contribution in [0.4, 0.5) is 0 Å². The summed E-state index contributed by atoms with van der Waals surface area (Å²) in [5.74, 6) is 0. The number of nitrogens with zero attached hydrogens (tertiary/aromatic N) is 1. The maximum absolute atomic E-state index is 10.0. The monoisotopic (exact) mass is 693 g/mol. The first kappa shape index (κ1) is 44.5.